The molecule has 6 nitrogen and oxygen atoms in total. The van der Waals surface area contributed by atoms with Crippen LogP contribution in [0.1, 0.15) is 5.56 Å². The average molecular weight is 279 g/mol. The van der Waals surface area contributed by atoms with Crippen molar-refractivity contribution in [3.05, 3.63) is 41.0 Å². The van der Waals surface area contributed by atoms with Gasteiger partial charge in [0, 0.05) is 0 Å². The highest BCUT2D eigenvalue weighted by atomic mass is 35.5. The van der Waals surface area contributed by atoms with E-state index in [9.17, 15) is 5.11 Å². The third kappa shape index (κ3) is 3.56. The number of nitrogens with zero attached hydrogens (tertiary/aromatic N) is 3. The zero-order chi connectivity index (χ0) is 13.7. The minimum Gasteiger partial charge on any atom is -0.504 e. The molecular weight excluding hydrogens is 268 g/mol. The van der Waals surface area contributed by atoms with Gasteiger partial charge in [-0.2, -0.15) is 5.10 Å². The summed E-state index contributed by atoms with van der Waals surface area (Å²) < 4.78 is 4.94. The standard InChI is InChI=1S/C12H11ClN4O2/c1-19-10-3-2-8(6-9(10)18)7-14-16-12-5-4-11(13)15-17-12/h2-7,18H,1H3,(H,16,17)/b14-7+. The zero-order valence-corrected chi connectivity index (χ0v) is 10.8. The van der Waals surface area contributed by atoms with Crippen LogP contribution in [0.15, 0.2) is 35.4 Å². The Morgan fingerprint density at radius 1 is 1.32 bits per heavy atom. The Morgan fingerprint density at radius 2 is 2.16 bits per heavy atom. The van der Waals surface area contributed by atoms with Gasteiger partial charge in [-0.15, -0.1) is 10.2 Å². The predicted octanol–water partition coefficient (Wildman–Crippen LogP) is 2.29. The van der Waals surface area contributed by atoms with Crippen LogP contribution >= 0.6 is 11.6 Å². The Bertz CT molecular complexity index is 587. The van der Waals surface area contributed by atoms with Crippen LogP contribution in [0.3, 0.4) is 0 Å². The van der Waals surface area contributed by atoms with Crippen LogP contribution < -0.4 is 10.2 Å². The number of aromatic hydroxyl groups is 1. The van der Waals surface area contributed by atoms with Crippen molar-refractivity contribution in [3.8, 4) is 11.5 Å². The van der Waals surface area contributed by atoms with Crippen molar-refractivity contribution >= 4 is 23.6 Å². The van der Waals surface area contributed by atoms with E-state index in [4.69, 9.17) is 16.3 Å². The van der Waals surface area contributed by atoms with Crippen molar-refractivity contribution in [1.29, 1.82) is 0 Å². The highest BCUT2D eigenvalue weighted by Gasteiger charge is 2.00. The third-order valence-electron chi connectivity index (χ3n) is 2.23. The molecule has 7 heteroatoms. The molecule has 1 aromatic heterocycles. The smallest absolute Gasteiger partial charge is 0.168 e. The predicted molar refractivity (Wildman–Crippen MR) is 72.9 cm³/mol. The summed E-state index contributed by atoms with van der Waals surface area (Å²) >= 11 is 5.61. The molecule has 0 unspecified atom stereocenters. The van der Waals surface area contributed by atoms with E-state index in [1.807, 2.05) is 0 Å². The molecule has 0 aliphatic carbocycles. The van der Waals surface area contributed by atoms with Gasteiger partial charge in [-0.25, -0.2) is 0 Å². The van der Waals surface area contributed by atoms with Gasteiger partial charge in [0.2, 0.25) is 0 Å². The van der Waals surface area contributed by atoms with Crippen LogP contribution in [0.4, 0.5) is 5.82 Å². The van der Waals surface area contributed by atoms with E-state index >= 15 is 0 Å². The van der Waals surface area contributed by atoms with Crippen LogP contribution in [-0.2, 0) is 0 Å². The van der Waals surface area contributed by atoms with Gasteiger partial charge in [0.05, 0.1) is 13.3 Å². The summed E-state index contributed by atoms with van der Waals surface area (Å²) in [7, 11) is 1.49. The number of halogens is 1. The van der Waals surface area contributed by atoms with Crippen molar-refractivity contribution in [2.75, 3.05) is 12.5 Å². The van der Waals surface area contributed by atoms with Crippen molar-refractivity contribution in [3.63, 3.8) is 0 Å². The lowest BCUT2D eigenvalue weighted by molar-refractivity contribution is 0.373. The second-order valence-corrected chi connectivity index (χ2v) is 3.93. The summed E-state index contributed by atoms with van der Waals surface area (Å²) in [5.41, 5.74) is 3.41. The van der Waals surface area contributed by atoms with Crippen LogP contribution in [0.5, 0.6) is 11.5 Å². The molecule has 0 bridgehead atoms. The normalized spacial score (nSPS) is 10.6. The Labute approximate surface area is 114 Å². The summed E-state index contributed by atoms with van der Waals surface area (Å²) in [6, 6.07) is 8.21. The summed E-state index contributed by atoms with van der Waals surface area (Å²) in [5.74, 6) is 0.935. The minimum atomic E-state index is 0.0535. The monoisotopic (exact) mass is 278 g/mol. The Hall–Kier alpha value is -2.34. The van der Waals surface area contributed by atoms with Gasteiger partial charge in [-0.3, -0.25) is 5.43 Å². The SMILES string of the molecule is COc1ccc(/C=N/Nc2ccc(Cl)nn2)cc1O. The lowest BCUT2D eigenvalue weighted by Crippen LogP contribution is -1.95. The number of ether oxygens (including phenoxy) is 1. The minimum absolute atomic E-state index is 0.0535. The first-order valence-corrected chi connectivity index (χ1v) is 5.72. The lowest BCUT2D eigenvalue weighted by Gasteiger charge is -2.03. The Kier molecular flexibility index (Phi) is 4.15. The number of aromatic nitrogens is 2. The van der Waals surface area contributed by atoms with Gasteiger partial charge in [0.25, 0.3) is 0 Å². The Balaban J connectivity index is 2.02. The number of anilines is 1. The summed E-state index contributed by atoms with van der Waals surface area (Å²) in [5, 5.41) is 21.3. The highest BCUT2D eigenvalue weighted by molar-refractivity contribution is 6.29. The molecule has 0 radical (unpaired) electrons. The van der Waals surface area contributed by atoms with E-state index in [1.165, 1.54) is 19.4 Å². The van der Waals surface area contributed by atoms with E-state index < -0.39 is 0 Å². The van der Waals surface area contributed by atoms with Gasteiger partial charge >= 0.3 is 0 Å². The van der Waals surface area contributed by atoms with Crippen molar-refractivity contribution in [1.82, 2.24) is 10.2 Å². The zero-order valence-electron chi connectivity index (χ0n) is 10.0. The van der Waals surface area contributed by atoms with E-state index in [-0.39, 0.29) is 5.75 Å². The number of phenolic OH excluding ortho intramolecular Hbond substituents is 1. The quantitative estimate of drug-likeness (QED) is 0.662. The maximum Gasteiger partial charge on any atom is 0.168 e. The second-order valence-electron chi connectivity index (χ2n) is 3.54. The van der Waals surface area contributed by atoms with E-state index in [2.05, 4.69) is 20.7 Å². The fourth-order valence-electron chi connectivity index (χ4n) is 1.34. The molecule has 1 aromatic carbocycles. The van der Waals surface area contributed by atoms with E-state index in [0.717, 1.165) is 0 Å². The molecule has 19 heavy (non-hydrogen) atoms. The van der Waals surface area contributed by atoms with E-state index in [1.54, 1.807) is 24.3 Å². The van der Waals surface area contributed by atoms with Crippen molar-refractivity contribution in [2.24, 2.45) is 5.10 Å². The maximum absolute atomic E-state index is 9.59. The number of hydrazone groups is 1. The largest absolute Gasteiger partial charge is 0.504 e. The Morgan fingerprint density at radius 3 is 2.79 bits per heavy atom. The fraction of sp³-hybridized carbons (Fsp3) is 0.0833. The molecule has 0 aliphatic heterocycles. The fourth-order valence-corrected chi connectivity index (χ4v) is 1.44. The maximum atomic E-state index is 9.59. The number of nitrogens with one attached hydrogen (secondary N) is 1. The average Bonchev–Trinajstić information content (AvgIpc) is 2.41. The third-order valence-corrected chi connectivity index (χ3v) is 2.43. The number of methoxy groups -OCH3 is 1. The van der Waals surface area contributed by atoms with Gasteiger partial charge in [-0.05, 0) is 35.9 Å². The molecule has 0 aliphatic rings. The van der Waals surface area contributed by atoms with Gasteiger partial charge < -0.3 is 9.84 Å². The first-order chi connectivity index (χ1) is 9.19. The molecule has 0 spiro atoms. The molecule has 0 saturated carbocycles. The number of benzene rings is 1. The number of rotatable bonds is 4. The highest BCUT2D eigenvalue weighted by Crippen LogP contribution is 2.25. The van der Waals surface area contributed by atoms with Crippen molar-refractivity contribution < 1.29 is 9.84 Å². The molecule has 0 amide bonds. The van der Waals surface area contributed by atoms with E-state index in [0.29, 0.717) is 22.3 Å². The second kappa shape index (κ2) is 6.01. The molecule has 98 valence electrons. The molecular formula is C12H11ClN4O2. The summed E-state index contributed by atoms with van der Waals surface area (Å²) in [6.07, 6.45) is 1.54. The number of hydrogen-bond acceptors (Lipinski definition) is 6. The molecule has 2 aromatic rings. The molecule has 0 atom stereocenters. The number of phenols is 1. The topological polar surface area (TPSA) is 79.6 Å². The number of hydrogen-bond donors (Lipinski definition) is 2. The first kappa shape index (κ1) is 13.1. The summed E-state index contributed by atoms with van der Waals surface area (Å²) in [4.78, 5) is 0. The molecule has 0 fully saturated rings. The molecule has 0 saturated heterocycles. The first-order valence-electron chi connectivity index (χ1n) is 5.34. The van der Waals surface area contributed by atoms with Crippen LogP contribution in [0.25, 0.3) is 0 Å². The van der Waals surface area contributed by atoms with Gasteiger partial charge in [-0.1, -0.05) is 11.6 Å². The van der Waals surface area contributed by atoms with Crippen LogP contribution in [-0.4, -0.2) is 28.6 Å². The molecule has 2 N–H and O–H groups in total. The van der Waals surface area contributed by atoms with Crippen LogP contribution in [0.2, 0.25) is 5.15 Å². The molecule has 2 rings (SSSR count). The molecule has 1 heterocycles. The lowest BCUT2D eigenvalue weighted by atomic mass is 10.2. The van der Waals surface area contributed by atoms with Gasteiger partial charge in [0.15, 0.2) is 22.5 Å². The van der Waals surface area contributed by atoms with Crippen molar-refractivity contribution in [2.45, 2.75) is 0 Å². The van der Waals surface area contributed by atoms with Gasteiger partial charge in [0.1, 0.15) is 0 Å². The summed E-state index contributed by atoms with van der Waals surface area (Å²) in [6.45, 7) is 0. The van der Waals surface area contributed by atoms with Crippen LogP contribution in [0, 0.1) is 0 Å².